The third-order valence-electron chi connectivity index (χ3n) is 5.58. The second-order valence-electron chi connectivity index (χ2n) is 7.81. The SMILES string of the molecule is Cc1cc(N2CCN(c3cc(=O)[nH]nc3-c3ccccc3)CC2)nc(C2CC2)n1. The number of hydrogen-bond acceptors (Lipinski definition) is 6. The molecule has 1 aromatic carbocycles. The molecule has 0 radical (unpaired) electrons. The molecule has 0 atom stereocenters. The van der Waals surface area contributed by atoms with Gasteiger partial charge >= 0.3 is 0 Å². The van der Waals surface area contributed by atoms with E-state index in [1.807, 2.05) is 37.3 Å². The molecular weight excluding hydrogens is 364 g/mol. The van der Waals surface area contributed by atoms with Crippen LogP contribution in [-0.4, -0.2) is 46.3 Å². The van der Waals surface area contributed by atoms with Crippen LogP contribution in [0.15, 0.2) is 47.3 Å². The van der Waals surface area contributed by atoms with E-state index in [-0.39, 0.29) is 5.56 Å². The van der Waals surface area contributed by atoms with Gasteiger partial charge in [-0.3, -0.25) is 4.79 Å². The lowest BCUT2D eigenvalue weighted by atomic mass is 10.1. The van der Waals surface area contributed by atoms with E-state index in [9.17, 15) is 4.79 Å². The first kappa shape index (κ1) is 17.8. The van der Waals surface area contributed by atoms with Crippen LogP contribution in [0.5, 0.6) is 0 Å². The van der Waals surface area contributed by atoms with Gasteiger partial charge in [-0.2, -0.15) is 5.10 Å². The van der Waals surface area contributed by atoms with Crippen molar-refractivity contribution in [3.05, 3.63) is 64.3 Å². The van der Waals surface area contributed by atoms with Crippen molar-refractivity contribution in [2.24, 2.45) is 0 Å². The standard InChI is InChI=1S/C22H24N6O/c1-15-13-19(24-22(23-15)17-7-8-17)28-11-9-27(10-12-28)18-14-20(29)25-26-21(18)16-5-3-2-4-6-16/h2-6,13-14,17H,7-12H2,1H3,(H,25,29). The summed E-state index contributed by atoms with van der Waals surface area (Å²) < 4.78 is 0. The molecule has 1 aliphatic carbocycles. The predicted molar refractivity (Wildman–Crippen MR) is 113 cm³/mol. The summed E-state index contributed by atoms with van der Waals surface area (Å²) in [5.41, 5.74) is 3.55. The Morgan fingerprint density at radius 1 is 0.966 bits per heavy atom. The average molecular weight is 388 g/mol. The van der Waals surface area contributed by atoms with E-state index in [2.05, 4.69) is 31.0 Å². The number of anilines is 2. The summed E-state index contributed by atoms with van der Waals surface area (Å²) in [6.07, 6.45) is 2.41. The number of aryl methyl sites for hydroxylation is 1. The molecular formula is C22H24N6O. The van der Waals surface area contributed by atoms with Crippen molar-refractivity contribution >= 4 is 11.5 Å². The molecule has 2 fully saturated rings. The van der Waals surface area contributed by atoms with Crippen LogP contribution in [0.1, 0.15) is 30.3 Å². The summed E-state index contributed by atoms with van der Waals surface area (Å²) in [6.45, 7) is 5.37. The van der Waals surface area contributed by atoms with Gasteiger partial charge in [-0.05, 0) is 19.8 Å². The average Bonchev–Trinajstić information content (AvgIpc) is 3.60. The Hall–Kier alpha value is -3.22. The lowest BCUT2D eigenvalue weighted by Gasteiger charge is -2.37. The van der Waals surface area contributed by atoms with Crippen LogP contribution in [-0.2, 0) is 0 Å². The summed E-state index contributed by atoms with van der Waals surface area (Å²) in [7, 11) is 0. The smallest absolute Gasteiger partial charge is 0.266 e. The molecule has 7 nitrogen and oxygen atoms in total. The van der Waals surface area contributed by atoms with Crippen LogP contribution in [0.3, 0.4) is 0 Å². The summed E-state index contributed by atoms with van der Waals surface area (Å²) in [6, 6.07) is 13.7. The highest BCUT2D eigenvalue weighted by Gasteiger charge is 2.28. The van der Waals surface area contributed by atoms with Crippen molar-refractivity contribution in [1.82, 2.24) is 20.2 Å². The molecule has 5 rings (SSSR count). The Morgan fingerprint density at radius 2 is 1.69 bits per heavy atom. The second kappa shape index (κ2) is 7.31. The topological polar surface area (TPSA) is 78.0 Å². The molecule has 1 saturated carbocycles. The molecule has 1 N–H and O–H groups in total. The number of aromatic amines is 1. The number of benzene rings is 1. The van der Waals surface area contributed by atoms with Gasteiger partial charge in [-0.1, -0.05) is 30.3 Å². The highest BCUT2D eigenvalue weighted by atomic mass is 16.1. The Bertz CT molecular complexity index is 1070. The van der Waals surface area contributed by atoms with Crippen LogP contribution in [0.25, 0.3) is 11.3 Å². The summed E-state index contributed by atoms with van der Waals surface area (Å²) in [5, 5.41) is 6.92. The summed E-state index contributed by atoms with van der Waals surface area (Å²) in [4.78, 5) is 26.0. The fraction of sp³-hybridized carbons (Fsp3) is 0.364. The zero-order valence-corrected chi connectivity index (χ0v) is 16.5. The lowest BCUT2D eigenvalue weighted by Crippen LogP contribution is -2.47. The minimum absolute atomic E-state index is 0.178. The fourth-order valence-corrected chi connectivity index (χ4v) is 3.88. The number of piperazine rings is 1. The van der Waals surface area contributed by atoms with Crippen LogP contribution in [0.2, 0.25) is 0 Å². The van der Waals surface area contributed by atoms with Gasteiger partial charge in [0.25, 0.3) is 5.56 Å². The van der Waals surface area contributed by atoms with E-state index < -0.39 is 0 Å². The van der Waals surface area contributed by atoms with Crippen molar-refractivity contribution in [2.75, 3.05) is 36.0 Å². The van der Waals surface area contributed by atoms with Gasteiger partial charge in [0.15, 0.2) is 0 Å². The molecule has 3 aromatic rings. The molecule has 1 aliphatic heterocycles. The van der Waals surface area contributed by atoms with Crippen LogP contribution in [0.4, 0.5) is 11.5 Å². The van der Waals surface area contributed by atoms with Gasteiger partial charge in [0.2, 0.25) is 0 Å². The van der Waals surface area contributed by atoms with Crippen LogP contribution in [0, 0.1) is 6.92 Å². The molecule has 1 saturated heterocycles. The molecule has 148 valence electrons. The molecule has 0 spiro atoms. The lowest BCUT2D eigenvalue weighted by molar-refractivity contribution is 0.642. The van der Waals surface area contributed by atoms with Crippen molar-refractivity contribution in [2.45, 2.75) is 25.7 Å². The van der Waals surface area contributed by atoms with Gasteiger partial charge in [0, 0.05) is 55.5 Å². The number of aromatic nitrogens is 4. The monoisotopic (exact) mass is 388 g/mol. The molecule has 2 aliphatic rings. The number of hydrogen-bond donors (Lipinski definition) is 1. The first-order valence-corrected chi connectivity index (χ1v) is 10.2. The molecule has 2 aromatic heterocycles. The number of nitrogens with one attached hydrogen (secondary N) is 1. The Labute approximate surface area is 169 Å². The maximum Gasteiger partial charge on any atom is 0.266 e. The third kappa shape index (κ3) is 3.72. The van der Waals surface area contributed by atoms with E-state index in [1.54, 1.807) is 6.07 Å². The largest absolute Gasteiger partial charge is 0.366 e. The molecule has 7 heteroatoms. The Morgan fingerprint density at radius 3 is 2.41 bits per heavy atom. The molecule has 0 amide bonds. The summed E-state index contributed by atoms with van der Waals surface area (Å²) >= 11 is 0. The highest BCUT2D eigenvalue weighted by Crippen LogP contribution is 2.38. The van der Waals surface area contributed by atoms with E-state index in [4.69, 9.17) is 4.98 Å². The third-order valence-corrected chi connectivity index (χ3v) is 5.58. The first-order chi connectivity index (χ1) is 14.2. The van der Waals surface area contributed by atoms with E-state index in [0.29, 0.717) is 5.92 Å². The quantitative estimate of drug-likeness (QED) is 0.740. The van der Waals surface area contributed by atoms with Crippen molar-refractivity contribution in [3.8, 4) is 11.3 Å². The Balaban J connectivity index is 1.38. The maximum atomic E-state index is 12.0. The predicted octanol–water partition coefficient (Wildman–Crippen LogP) is 2.74. The maximum absolute atomic E-state index is 12.0. The zero-order chi connectivity index (χ0) is 19.8. The molecule has 29 heavy (non-hydrogen) atoms. The fourth-order valence-electron chi connectivity index (χ4n) is 3.88. The van der Waals surface area contributed by atoms with Gasteiger partial charge in [0.1, 0.15) is 17.3 Å². The van der Waals surface area contributed by atoms with E-state index >= 15 is 0 Å². The number of nitrogens with zero attached hydrogens (tertiary/aromatic N) is 5. The normalized spacial score (nSPS) is 16.9. The van der Waals surface area contributed by atoms with E-state index in [1.165, 1.54) is 12.8 Å². The zero-order valence-electron chi connectivity index (χ0n) is 16.5. The van der Waals surface area contributed by atoms with E-state index in [0.717, 1.165) is 60.5 Å². The first-order valence-electron chi connectivity index (χ1n) is 10.2. The van der Waals surface area contributed by atoms with Gasteiger partial charge in [-0.15, -0.1) is 0 Å². The molecule has 0 unspecified atom stereocenters. The van der Waals surface area contributed by atoms with Crippen molar-refractivity contribution in [1.29, 1.82) is 0 Å². The molecule has 0 bridgehead atoms. The van der Waals surface area contributed by atoms with Gasteiger partial charge in [-0.25, -0.2) is 15.1 Å². The van der Waals surface area contributed by atoms with Crippen LogP contribution >= 0.6 is 0 Å². The number of H-pyrrole nitrogens is 1. The number of rotatable bonds is 4. The Kier molecular flexibility index (Phi) is 4.50. The van der Waals surface area contributed by atoms with Crippen molar-refractivity contribution in [3.63, 3.8) is 0 Å². The summed E-state index contributed by atoms with van der Waals surface area (Å²) in [5.74, 6) is 2.56. The van der Waals surface area contributed by atoms with Crippen molar-refractivity contribution < 1.29 is 0 Å². The second-order valence-corrected chi connectivity index (χ2v) is 7.81. The molecule has 3 heterocycles. The van der Waals surface area contributed by atoms with Crippen LogP contribution < -0.4 is 15.4 Å². The van der Waals surface area contributed by atoms with Gasteiger partial charge < -0.3 is 9.80 Å². The van der Waals surface area contributed by atoms with Gasteiger partial charge in [0.05, 0.1) is 5.69 Å². The minimum atomic E-state index is -0.178. The highest BCUT2D eigenvalue weighted by molar-refractivity contribution is 5.74. The minimum Gasteiger partial charge on any atom is -0.366 e.